The van der Waals surface area contributed by atoms with Crippen molar-refractivity contribution < 1.29 is 10.2 Å². The first-order valence-corrected chi connectivity index (χ1v) is 7.24. The summed E-state index contributed by atoms with van der Waals surface area (Å²) in [7, 11) is 0. The molecule has 0 amide bonds. The van der Waals surface area contributed by atoms with Gasteiger partial charge in [0.25, 0.3) is 0 Å². The number of benzene rings is 1. The molecule has 1 unspecified atom stereocenters. The summed E-state index contributed by atoms with van der Waals surface area (Å²) in [6.45, 7) is 3.97. The van der Waals surface area contributed by atoms with Crippen LogP contribution >= 0.6 is 15.9 Å². The van der Waals surface area contributed by atoms with Crippen LogP contribution in [-0.2, 0) is 0 Å². The lowest BCUT2D eigenvalue weighted by atomic mass is 9.98. The van der Waals surface area contributed by atoms with Gasteiger partial charge < -0.3 is 15.1 Å². The summed E-state index contributed by atoms with van der Waals surface area (Å²) < 4.78 is 1.01. The molecule has 4 heteroatoms. The molecule has 0 bridgehead atoms. The SMILES string of the molecule is C[C@H](O)c1ccc(N2CCCC(CO)C2)c(Br)c1. The van der Waals surface area contributed by atoms with Crippen LogP contribution in [0.3, 0.4) is 0 Å². The Kier molecular flexibility index (Phi) is 4.65. The monoisotopic (exact) mass is 313 g/mol. The molecule has 1 aromatic carbocycles. The number of hydrogen-bond acceptors (Lipinski definition) is 3. The third kappa shape index (κ3) is 3.05. The van der Waals surface area contributed by atoms with Crippen molar-refractivity contribution in [1.82, 2.24) is 0 Å². The number of piperidine rings is 1. The van der Waals surface area contributed by atoms with Crippen molar-refractivity contribution in [3.05, 3.63) is 28.2 Å². The average Bonchev–Trinajstić information content (AvgIpc) is 2.38. The van der Waals surface area contributed by atoms with Gasteiger partial charge in [-0.1, -0.05) is 6.07 Å². The highest BCUT2D eigenvalue weighted by Gasteiger charge is 2.21. The predicted molar refractivity (Wildman–Crippen MR) is 76.8 cm³/mol. The first-order valence-electron chi connectivity index (χ1n) is 6.45. The number of aliphatic hydroxyl groups excluding tert-OH is 2. The molecular formula is C14H20BrNO2. The second-order valence-electron chi connectivity index (χ2n) is 5.02. The molecule has 2 N–H and O–H groups in total. The minimum Gasteiger partial charge on any atom is -0.396 e. The van der Waals surface area contributed by atoms with Crippen LogP contribution in [0.15, 0.2) is 22.7 Å². The maximum Gasteiger partial charge on any atom is 0.0762 e. The zero-order valence-corrected chi connectivity index (χ0v) is 12.2. The summed E-state index contributed by atoms with van der Waals surface area (Å²) in [4.78, 5) is 2.31. The molecule has 2 atom stereocenters. The zero-order chi connectivity index (χ0) is 13.1. The molecule has 2 rings (SSSR count). The minimum atomic E-state index is -0.443. The van der Waals surface area contributed by atoms with E-state index in [4.69, 9.17) is 0 Å². The van der Waals surface area contributed by atoms with E-state index >= 15 is 0 Å². The Morgan fingerprint density at radius 3 is 2.89 bits per heavy atom. The van der Waals surface area contributed by atoms with E-state index in [1.54, 1.807) is 6.92 Å². The van der Waals surface area contributed by atoms with Gasteiger partial charge in [-0.3, -0.25) is 0 Å². The minimum absolute atomic E-state index is 0.264. The molecule has 1 aromatic rings. The third-order valence-electron chi connectivity index (χ3n) is 3.57. The van der Waals surface area contributed by atoms with Crippen LogP contribution in [0.2, 0.25) is 0 Å². The molecule has 1 fully saturated rings. The van der Waals surface area contributed by atoms with E-state index < -0.39 is 6.10 Å². The van der Waals surface area contributed by atoms with E-state index in [-0.39, 0.29) is 6.61 Å². The molecule has 1 aliphatic rings. The van der Waals surface area contributed by atoms with E-state index in [0.29, 0.717) is 5.92 Å². The van der Waals surface area contributed by atoms with Crippen molar-refractivity contribution in [2.75, 3.05) is 24.6 Å². The van der Waals surface area contributed by atoms with E-state index in [9.17, 15) is 10.2 Å². The van der Waals surface area contributed by atoms with Crippen LogP contribution in [0.1, 0.15) is 31.4 Å². The van der Waals surface area contributed by atoms with Crippen LogP contribution in [-0.4, -0.2) is 29.9 Å². The largest absolute Gasteiger partial charge is 0.396 e. The molecule has 0 spiro atoms. The molecule has 0 aromatic heterocycles. The van der Waals surface area contributed by atoms with Gasteiger partial charge in [0.1, 0.15) is 0 Å². The highest BCUT2D eigenvalue weighted by atomic mass is 79.9. The van der Waals surface area contributed by atoms with Crippen LogP contribution in [0.25, 0.3) is 0 Å². The Morgan fingerprint density at radius 1 is 1.50 bits per heavy atom. The van der Waals surface area contributed by atoms with Crippen molar-refractivity contribution in [2.24, 2.45) is 5.92 Å². The normalized spacial score (nSPS) is 22.0. The van der Waals surface area contributed by atoms with Gasteiger partial charge >= 0.3 is 0 Å². The van der Waals surface area contributed by atoms with Gasteiger partial charge in [-0.05, 0) is 59.3 Å². The van der Waals surface area contributed by atoms with E-state index in [2.05, 4.69) is 20.8 Å². The van der Waals surface area contributed by atoms with Crippen molar-refractivity contribution in [3.63, 3.8) is 0 Å². The predicted octanol–water partition coefficient (Wildman–Crippen LogP) is 2.71. The number of halogens is 1. The van der Waals surface area contributed by atoms with Gasteiger partial charge in [-0.2, -0.15) is 0 Å². The summed E-state index contributed by atoms with van der Waals surface area (Å²) in [6, 6.07) is 5.99. The Bertz CT molecular complexity index is 409. The highest BCUT2D eigenvalue weighted by Crippen LogP contribution is 2.32. The molecule has 0 saturated carbocycles. The topological polar surface area (TPSA) is 43.7 Å². The Morgan fingerprint density at radius 2 is 2.28 bits per heavy atom. The fraction of sp³-hybridized carbons (Fsp3) is 0.571. The van der Waals surface area contributed by atoms with E-state index in [1.165, 1.54) is 0 Å². The lowest BCUT2D eigenvalue weighted by Gasteiger charge is -2.34. The Labute approximate surface area is 117 Å². The van der Waals surface area contributed by atoms with Crippen LogP contribution < -0.4 is 4.90 Å². The lowest BCUT2D eigenvalue weighted by Crippen LogP contribution is -2.37. The molecule has 18 heavy (non-hydrogen) atoms. The van der Waals surface area contributed by atoms with E-state index in [1.807, 2.05) is 18.2 Å². The van der Waals surface area contributed by atoms with Gasteiger partial charge in [0.2, 0.25) is 0 Å². The number of nitrogens with zero attached hydrogens (tertiary/aromatic N) is 1. The number of hydrogen-bond donors (Lipinski definition) is 2. The number of rotatable bonds is 3. The van der Waals surface area contributed by atoms with Crippen molar-refractivity contribution in [3.8, 4) is 0 Å². The fourth-order valence-corrected chi connectivity index (χ4v) is 3.12. The molecule has 0 radical (unpaired) electrons. The molecule has 100 valence electrons. The number of anilines is 1. The fourth-order valence-electron chi connectivity index (χ4n) is 2.47. The molecule has 1 saturated heterocycles. The smallest absolute Gasteiger partial charge is 0.0762 e. The van der Waals surface area contributed by atoms with Crippen LogP contribution in [0.4, 0.5) is 5.69 Å². The first kappa shape index (κ1) is 13.8. The quantitative estimate of drug-likeness (QED) is 0.901. The molecule has 1 aliphatic heterocycles. The van der Waals surface area contributed by atoms with E-state index in [0.717, 1.165) is 41.7 Å². The Balaban J connectivity index is 2.17. The molecular weight excluding hydrogens is 294 g/mol. The number of aliphatic hydroxyl groups is 2. The van der Waals surface area contributed by atoms with Crippen molar-refractivity contribution >= 4 is 21.6 Å². The molecule has 1 heterocycles. The Hall–Kier alpha value is -0.580. The zero-order valence-electron chi connectivity index (χ0n) is 10.6. The van der Waals surface area contributed by atoms with Crippen molar-refractivity contribution in [1.29, 1.82) is 0 Å². The summed E-state index contributed by atoms with van der Waals surface area (Å²) in [5, 5.41) is 18.8. The maximum absolute atomic E-state index is 9.56. The van der Waals surface area contributed by atoms with Gasteiger partial charge in [-0.25, -0.2) is 0 Å². The lowest BCUT2D eigenvalue weighted by molar-refractivity contribution is 0.199. The van der Waals surface area contributed by atoms with Gasteiger partial charge in [0.15, 0.2) is 0 Å². The van der Waals surface area contributed by atoms with Crippen LogP contribution in [0, 0.1) is 5.92 Å². The summed E-state index contributed by atoms with van der Waals surface area (Å²) in [5.74, 6) is 0.377. The average molecular weight is 314 g/mol. The second kappa shape index (κ2) is 6.04. The highest BCUT2D eigenvalue weighted by molar-refractivity contribution is 9.10. The first-order chi connectivity index (χ1) is 8.61. The standard InChI is InChI=1S/C14H20BrNO2/c1-10(18)12-4-5-14(13(15)7-12)16-6-2-3-11(8-16)9-17/h4-5,7,10-11,17-18H,2-3,6,8-9H2,1H3/t10-,11?/m0/s1. The summed E-state index contributed by atoms with van der Waals surface area (Å²) >= 11 is 3.58. The summed E-state index contributed by atoms with van der Waals surface area (Å²) in [5.41, 5.74) is 2.07. The van der Waals surface area contributed by atoms with Gasteiger partial charge in [0, 0.05) is 24.2 Å². The maximum atomic E-state index is 9.56. The molecule has 3 nitrogen and oxygen atoms in total. The van der Waals surface area contributed by atoms with Crippen molar-refractivity contribution in [2.45, 2.75) is 25.9 Å². The third-order valence-corrected chi connectivity index (χ3v) is 4.21. The summed E-state index contributed by atoms with van der Waals surface area (Å²) in [6.07, 6.45) is 1.79. The van der Waals surface area contributed by atoms with Gasteiger partial charge in [-0.15, -0.1) is 0 Å². The van der Waals surface area contributed by atoms with Crippen LogP contribution in [0.5, 0.6) is 0 Å². The molecule has 0 aliphatic carbocycles. The van der Waals surface area contributed by atoms with Gasteiger partial charge in [0.05, 0.1) is 11.8 Å². The second-order valence-corrected chi connectivity index (χ2v) is 5.88.